The van der Waals surface area contributed by atoms with Crippen LogP contribution >= 0.6 is 23.2 Å². The molecule has 0 radical (unpaired) electrons. The van der Waals surface area contributed by atoms with E-state index in [0.29, 0.717) is 27.9 Å². The number of nitrogen functional groups attached to an aromatic ring is 1. The number of methoxy groups -OCH3 is 1. The smallest absolute Gasteiger partial charge is 0.260 e. The van der Waals surface area contributed by atoms with Gasteiger partial charge in [-0.1, -0.05) is 36.5 Å². The Labute approximate surface area is 207 Å². The number of aryl methyl sites for hydroxylation is 2. The molecule has 0 atom stereocenters. The summed E-state index contributed by atoms with van der Waals surface area (Å²) in [6.07, 6.45) is 6.08. The van der Waals surface area contributed by atoms with Gasteiger partial charge in [-0.3, -0.25) is 14.7 Å². The van der Waals surface area contributed by atoms with E-state index in [0.717, 1.165) is 42.0 Å². The van der Waals surface area contributed by atoms with Crippen LogP contribution in [-0.2, 0) is 17.8 Å². The van der Waals surface area contributed by atoms with Gasteiger partial charge < -0.3 is 15.5 Å². The second-order valence-electron chi connectivity index (χ2n) is 8.05. The normalized spacial score (nSPS) is 14.2. The van der Waals surface area contributed by atoms with E-state index in [-0.39, 0.29) is 29.1 Å². The lowest BCUT2D eigenvalue weighted by Gasteiger charge is -2.19. The molecule has 3 aromatic heterocycles. The van der Waals surface area contributed by atoms with Crippen molar-refractivity contribution in [3.05, 3.63) is 50.4 Å². The molecule has 9 nitrogen and oxygen atoms in total. The lowest BCUT2D eigenvalue weighted by atomic mass is 10.1. The summed E-state index contributed by atoms with van der Waals surface area (Å²) in [5, 5.41) is 0.424. The van der Waals surface area contributed by atoms with Gasteiger partial charge in [-0.2, -0.15) is 4.98 Å². The molecule has 1 aliphatic heterocycles. The first kappa shape index (κ1) is 24.0. The van der Waals surface area contributed by atoms with Crippen molar-refractivity contribution >= 4 is 52.5 Å². The molecule has 1 aliphatic rings. The largest absolute Gasteiger partial charge is 0.496 e. The zero-order chi connectivity index (χ0) is 24.6. The SMILES string of the molecule is CCCCc1nc(/C=C2/C(=O)N(Cc3ncc(C)c(OC)c3C)c3nc(N)nc(Cl)c32)c(Cl)[nH]1. The Bertz CT molecular complexity index is 1300. The van der Waals surface area contributed by atoms with Crippen LogP contribution in [0.25, 0.3) is 11.6 Å². The molecule has 0 bridgehead atoms. The summed E-state index contributed by atoms with van der Waals surface area (Å²) in [6.45, 7) is 6.06. The number of hydrogen-bond donors (Lipinski definition) is 2. The molecule has 0 spiro atoms. The Morgan fingerprint density at radius 3 is 2.71 bits per heavy atom. The molecule has 0 saturated carbocycles. The number of nitrogens with one attached hydrogen (secondary N) is 1. The molecular weight excluding hydrogens is 477 g/mol. The molecule has 11 heteroatoms. The maximum atomic E-state index is 13.6. The van der Waals surface area contributed by atoms with Gasteiger partial charge in [-0.25, -0.2) is 9.97 Å². The van der Waals surface area contributed by atoms with E-state index in [9.17, 15) is 4.79 Å². The average molecular weight is 502 g/mol. The number of carbonyl (C=O) groups excluding carboxylic acids is 1. The monoisotopic (exact) mass is 501 g/mol. The fraction of sp³-hybridized carbons (Fsp3) is 0.348. The number of imidazole rings is 1. The summed E-state index contributed by atoms with van der Waals surface area (Å²) < 4.78 is 5.51. The first-order chi connectivity index (χ1) is 16.2. The van der Waals surface area contributed by atoms with E-state index in [1.54, 1.807) is 19.4 Å². The van der Waals surface area contributed by atoms with Crippen molar-refractivity contribution < 1.29 is 9.53 Å². The minimum absolute atomic E-state index is 0.0337. The van der Waals surface area contributed by atoms with Crippen LogP contribution in [0.15, 0.2) is 6.20 Å². The van der Waals surface area contributed by atoms with E-state index in [2.05, 4.69) is 31.8 Å². The zero-order valence-electron chi connectivity index (χ0n) is 19.4. The summed E-state index contributed by atoms with van der Waals surface area (Å²) >= 11 is 12.8. The summed E-state index contributed by atoms with van der Waals surface area (Å²) in [4.78, 5) is 35.6. The van der Waals surface area contributed by atoms with Gasteiger partial charge in [0, 0.05) is 23.7 Å². The highest BCUT2D eigenvalue weighted by atomic mass is 35.5. The number of amides is 1. The quantitative estimate of drug-likeness (QED) is 0.359. The minimum Gasteiger partial charge on any atom is -0.496 e. The van der Waals surface area contributed by atoms with Gasteiger partial charge in [0.2, 0.25) is 5.95 Å². The van der Waals surface area contributed by atoms with E-state index in [4.69, 9.17) is 33.7 Å². The van der Waals surface area contributed by atoms with Crippen molar-refractivity contribution in [1.29, 1.82) is 0 Å². The highest BCUT2D eigenvalue weighted by Crippen LogP contribution is 2.42. The van der Waals surface area contributed by atoms with E-state index >= 15 is 0 Å². The molecule has 34 heavy (non-hydrogen) atoms. The number of fused-ring (bicyclic) bond motifs is 1. The molecule has 0 saturated heterocycles. The molecule has 0 aliphatic carbocycles. The van der Waals surface area contributed by atoms with Crippen LogP contribution in [0.2, 0.25) is 10.3 Å². The Morgan fingerprint density at radius 2 is 2.00 bits per heavy atom. The number of ether oxygens (including phenoxy) is 1. The second kappa shape index (κ2) is 9.60. The number of nitrogens with zero attached hydrogens (tertiary/aromatic N) is 5. The number of H-pyrrole nitrogens is 1. The third-order valence-electron chi connectivity index (χ3n) is 5.70. The van der Waals surface area contributed by atoms with E-state index < -0.39 is 0 Å². The third-order valence-corrected chi connectivity index (χ3v) is 6.27. The fourth-order valence-corrected chi connectivity index (χ4v) is 4.46. The lowest BCUT2D eigenvalue weighted by molar-refractivity contribution is -0.113. The van der Waals surface area contributed by atoms with Crippen LogP contribution in [0, 0.1) is 13.8 Å². The van der Waals surface area contributed by atoms with Crippen molar-refractivity contribution in [2.45, 2.75) is 46.6 Å². The predicted octanol–water partition coefficient (Wildman–Crippen LogP) is 4.54. The molecule has 178 valence electrons. The summed E-state index contributed by atoms with van der Waals surface area (Å²) in [5.74, 6) is 1.43. The fourth-order valence-electron chi connectivity index (χ4n) is 3.98. The van der Waals surface area contributed by atoms with Gasteiger partial charge in [-0.05, 0) is 26.3 Å². The number of pyridine rings is 1. The minimum atomic E-state index is -0.327. The number of aromatic amines is 1. The number of nitrogens with two attached hydrogens (primary N) is 1. The van der Waals surface area contributed by atoms with Crippen molar-refractivity contribution in [3.63, 3.8) is 0 Å². The van der Waals surface area contributed by atoms with Crippen molar-refractivity contribution in [2.24, 2.45) is 0 Å². The Hall–Kier alpha value is -3.17. The Kier molecular flexibility index (Phi) is 6.77. The van der Waals surface area contributed by atoms with Crippen LogP contribution in [0.4, 0.5) is 11.8 Å². The van der Waals surface area contributed by atoms with Gasteiger partial charge in [-0.15, -0.1) is 0 Å². The summed E-state index contributed by atoms with van der Waals surface area (Å²) in [5.41, 5.74) is 9.37. The molecule has 4 heterocycles. The van der Waals surface area contributed by atoms with Crippen LogP contribution in [0.5, 0.6) is 5.75 Å². The third kappa shape index (κ3) is 4.33. The van der Waals surface area contributed by atoms with Crippen LogP contribution in [-0.4, -0.2) is 37.9 Å². The topological polar surface area (TPSA) is 123 Å². The maximum absolute atomic E-state index is 13.6. The van der Waals surface area contributed by atoms with Gasteiger partial charge in [0.25, 0.3) is 5.91 Å². The Balaban J connectivity index is 1.79. The lowest BCUT2D eigenvalue weighted by Crippen LogP contribution is -2.27. The number of halogens is 2. The summed E-state index contributed by atoms with van der Waals surface area (Å²) in [7, 11) is 1.60. The average Bonchev–Trinajstić information content (AvgIpc) is 3.26. The molecule has 4 rings (SSSR count). The van der Waals surface area contributed by atoms with Gasteiger partial charge in [0.05, 0.1) is 30.5 Å². The number of carbonyl (C=O) groups is 1. The van der Waals surface area contributed by atoms with Gasteiger partial charge in [0.15, 0.2) is 5.82 Å². The Morgan fingerprint density at radius 1 is 1.24 bits per heavy atom. The molecule has 0 unspecified atom stereocenters. The molecule has 1 amide bonds. The van der Waals surface area contributed by atoms with E-state index in [1.165, 1.54) is 4.90 Å². The van der Waals surface area contributed by atoms with Gasteiger partial charge >= 0.3 is 0 Å². The molecule has 0 fully saturated rings. The highest BCUT2D eigenvalue weighted by Gasteiger charge is 2.38. The number of hydrogen-bond acceptors (Lipinski definition) is 7. The van der Waals surface area contributed by atoms with Crippen molar-refractivity contribution in [1.82, 2.24) is 24.9 Å². The number of unbranched alkanes of at least 4 members (excludes halogenated alkanes) is 1. The highest BCUT2D eigenvalue weighted by molar-refractivity contribution is 6.41. The first-order valence-electron chi connectivity index (χ1n) is 10.9. The molecular formula is C23H25Cl2N7O2. The van der Waals surface area contributed by atoms with Crippen molar-refractivity contribution in [2.75, 3.05) is 17.7 Å². The number of anilines is 2. The van der Waals surface area contributed by atoms with Crippen LogP contribution in [0.3, 0.4) is 0 Å². The summed E-state index contributed by atoms with van der Waals surface area (Å²) in [6, 6.07) is 0. The van der Waals surface area contributed by atoms with Gasteiger partial charge in [0.1, 0.15) is 27.6 Å². The number of rotatable bonds is 7. The molecule has 0 aromatic carbocycles. The van der Waals surface area contributed by atoms with Crippen LogP contribution in [0.1, 0.15) is 53.7 Å². The molecule has 3 aromatic rings. The second-order valence-corrected chi connectivity index (χ2v) is 8.79. The predicted molar refractivity (Wildman–Crippen MR) is 133 cm³/mol. The van der Waals surface area contributed by atoms with Crippen LogP contribution < -0.4 is 15.4 Å². The first-order valence-corrected chi connectivity index (χ1v) is 11.6. The number of aromatic nitrogens is 5. The molecule has 3 N–H and O–H groups in total. The maximum Gasteiger partial charge on any atom is 0.260 e. The van der Waals surface area contributed by atoms with E-state index in [1.807, 2.05) is 13.8 Å². The zero-order valence-corrected chi connectivity index (χ0v) is 20.9. The standard InChI is InChI=1S/C23H25Cl2N7O2/c1-5-6-7-16-28-14(19(24)29-16)8-13-17-20(25)30-23(26)31-21(17)32(22(13)33)10-15-12(3)18(34-4)11(2)9-27-15/h8-9H,5-7,10H2,1-4H3,(H,28,29)(H2,26,30,31)/b13-8+. The van der Waals surface area contributed by atoms with Crippen molar-refractivity contribution in [3.8, 4) is 5.75 Å².